The van der Waals surface area contributed by atoms with Crippen molar-refractivity contribution in [1.29, 1.82) is 0 Å². The lowest BCUT2D eigenvalue weighted by Gasteiger charge is -2.04. The number of hydrogen-bond acceptors (Lipinski definition) is 8. The number of nitrogens with zero attached hydrogens (tertiary/aromatic N) is 6. The number of benzene rings is 1. The Morgan fingerprint density at radius 3 is 2.71 bits per heavy atom. The van der Waals surface area contributed by atoms with Crippen LogP contribution < -0.4 is 10.1 Å². The number of H-pyrrole nitrogens is 1. The maximum atomic E-state index is 12.9. The van der Waals surface area contributed by atoms with Crippen molar-refractivity contribution in [3.8, 4) is 22.1 Å². The second kappa shape index (κ2) is 7.19. The largest absolute Gasteiger partial charge is 0.497 e. The van der Waals surface area contributed by atoms with Crippen LogP contribution in [0.25, 0.3) is 16.4 Å². The van der Waals surface area contributed by atoms with E-state index in [1.807, 2.05) is 38.1 Å². The minimum Gasteiger partial charge on any atom is -0.497 e. The number of methoxy groups -OCH3 is 1. The Morgan fingerprint density at radius 1 is 1.25 bits per heavy atom. The minimum atomic E-state index is -0.326. The first-order valence-corrected chi connectivity index (χ1v) is 9.10. The third kappa shape index (κ3) is 3.22. The molecule has 0 aliphatic rings. The van der Waals surface area contributed by atoms with Crippen molar-refractivity contribution in [2.45, 2.75) is 13.8 Å². The number of amides is 1. The maximum Gasteiger partial charge on any atom is 0.261 e. The van der Waals surface area contributed by atoms with Gasteiger partial charge in [-0.25, -0.2) is 0 Å². The Morgan fingerprint density at radius 2 is 2.04 bits per heavy atom. The first-order valence-electron chi connectivity index (χ1n) is 8.28. The predicted molar refractivity (Wildman–Crippen MR) is 103 cm³/mol. The number of carbonyl (C=O) groups excluding carboxylic acids is 1. The van der Waals surface area contributed by atoms with Crippen LogP contribution in [0.1, 0.15) is 20.8 Å². The third-order valence-corrected chi connectivity index (χ3v) is 5.42. The number of tetrazole rings is 1. The average molecular weight is 396 g/mol. The summed E-state index contributed by atoms with van der Waals surface area (Å²) in [7, 11) is 1.61. The molecule has 0 radical (unpaired) electrons. The SMILES string of the molecule is COc1ccc(-c2nc(NC(=O)c3c(-n4cnnn4)sc(C)c3C)n[nH]2)cc1. The molecular weight excluding hydrogens is 380 g/mol. The van der Waals surface area contributed by atoms with Crippen molar-refractivity contribution in [3.05, 3.63) is 46.6 Å². The summed E-state index contributed by atoms with van der Waals surface area (Å²) in [5.74, 6) is 1.14. The van der Waals surface area contributed by atoms with Gasteiger partial charge in [0, 0.05) is 10.4 Å². The fourth-order valence-electron chi connectivity index (χ4n) is 2.65. The first kappa shape index (κ1) is 17.8. The van der Waals surface area contributed by atoms with Crippen LogP contribution in [0.5, 0.6) is 5.75 Å². The van der Waals surface area contributed by atoms with Crippen molar-refractivity contribution in [1.82, 2.24) is 35.4 Å². The molecule has 28 heavy (non-hydrogen) atoms. The summed E-state index contributed by atoms with van der Waals surface area (Å²) in [6.07, 6.45) is 1.45. The van der Waals surface area contributed by atoms with Gasteiger partial charge in [0.25, 0.3) is 5.91 Å². The second-order valence-corrected chi connectivity index (χ2v) is 7.11. The van der Waals surface area contributed by atoms with E-state index in [9.17, 15) is 4.79 Å². The molecule has 3 heterocycles. The van der Waals surface area contributed by atoms with Crippen LogP contribution in [0.4, 0.5) is 5.95 Å². The van der Waals surface area contributed by atoms with E-state index < -0.39 is 0 Å². The van der Waals surface area contributed by atoms with Gasteiger partial charge in [0.1, 0.15) is 17.1 Å². The molecule has 11 heteroatoms. The van der Waals surface area contributed by atoms with Gasteiger partial charge in [0.05, 0.1) is 12.7 Å². The fourth-order valence-corrected chi connectivity index (χ4v) is 3.72. The van der Waals surface area contributed by atoms with Crippen LogP contribution in [0.15, 0.2) is 30.6 Å². The number of ether oxygens (including phenoxy) is 1. The smallest absolute Gasteiger partial charge is 0.261 e. The molecule has 0 bridgehead atoms. The van der Waals surface area contributed by atoms with E-state index in [4.69, 9.17) is 4.74 Å². The zero-order chi connectivity index (χ0) is 19.7. The predicted octanol–water partition coefficient (Wildman–Crippen LogP) is 2.39. The fraction of sp³-hybridized carbons (Fsp3) is 0.176. The zero-order valence-corrected chi connectivity index (χ0v) is 16.1. The molecule has 3 aromatic heterocycles. The number of anilines is 1. The maximum absolute atomic E-state index is 12.9. The molecule has 1 aromatic carbocycles. The van der Waals surface area contributed by atoms with Gasteiger partial charge in [0.2, 0.25) is 5.95 Å². The number of nitrogens with one attached hydrogen (secondary N) is 2. The minimum absolute atomic E-state index is 0.182. The first-order chi connectivity index (χ1) is 13.6. The highest BCUT2D eigenvalue weighted by molar-refractivity contribution is 7.15. The number of aromatic nitrogens is 7. The number of thiophene rings is 1. The summed E-state index contributed by atoms with van der Waals surface area (Å²) in [5, 5.41) is 21.5. The van der Waals surface area contributed by atoms with Crippen LogP contribution in [0, 0.1) is 13.8 Å². The van der Waals surface area contributed by atoms with Crippen molar-refractivity contribution in [2.24, 2.45) is 0 Å². The summed E-state index contributed by atoms with van der Waals surface area (Å²) < 4.78 is 6.62. The third-order valence-electron chi connectivity index (χ3n) is 4.23. The number of hydrogen-bond donors (Lipinski definition) is 2. The van der Waals surface area contributed by atoms with Gasteiger partial charge in [-0.15, -0.1) is 21.5 Å². The van der Waals surface area contributed by atoms with E-state index in [0.29, 0.717) is 16.4 Å². The number of aryl methyl sites for hydroxylation is 1. The summed E-state index contributed by atoms with van der Waals surface area (Å²) >= 11 is 1.44. The lowest BCUT2D eigenvalue weighted by atomic mass is 10.1. The number of aromatic amines is 1. The molecule has 1 amide bonds. The van der Waals surface area contributed by atoms with Gasteiger partial charge in [-0.3, -0.25) is 15.2 Å². The lowest BCUT2D eigenvalue weighted by Crippen LogP contribution is -2.16. The molecule has 2 N–H and O–H groups in total. The molecule has 0 saturated carbocycles. The second-order valence-electron chi connectivity index (χ2n) is 5.91. The van der Waals surface area contributed by atoms with Gasteiger partial charge in [-0.2, -0.15) is 9.67 Å². The Bertz CT molecular complexity index is 1110. The van der Waals surface area contributed by atoms with Crippen LogP contribution in [0.3, 0.4) is 0 Å². The highest BCUT2D eigenvalue weighted by Crippen LogP contribution is 2.30. The molecule has 0 fully saturated rings. The molecule has 0 unspecified atom stereocenters. The van der Waals surface area contributed by atoms with Gasteiger partial charge < -0.3 is 4.74 Å². The Labute approximate surface area is 163 Å². The van der Waals surface area contributed by atoms with E-state index >= 15 is 0 Å². The van der Waals surface area contributed by atoms with Crippen LogP contribution >= 0.6 is 11.3 Å². The van der Waals surface area contributed by atoms with Gasteiger partial charge in [-0.1, -0.05) is 0 Å². The van der Waals surface area contributed by atoms with E-state index in [1.54, 1.807) is 7.11 Å². The Balaban J connectivity index is 1.59. The molecule has 142 valence electrons. The molecule has 0 atom stereocenters. The van der Waals surface area contributed by atoms with Gasteiger partial charge in [0.15, 0.2) is 5.82 Å². The highest BCUT2D eigenvalue weighted by atomic mass is 32.1. The quantitative estimate of drug-likeness (QED) is 0.531. The molecule has 4 rings (SSSR count). The van der Waals surface area contributed by atoms with Crippen molar-refractivity contribution < 1.29 is 9.53 Å². The Hall–Kier alpha value is -3.60. The Kier molecular flexibility index (Phi) is 4.57. The normalized spacial score (nSPS) is 10.8. The zero-order valence-electron chi connectivity index (χ0n) is 15.3. The average Bonchev–Trinajstić information content (AvgIpc) is 3.44. The number of rotatable bonds is 5. The standard InChI is InChI=1S/C17H16N8O2S/c1-9-10(2)28-16(25-8-18-23-24-25)13(9)15(26)20-17-19-14(21-22-17)11-4-6-12(27-3)7-5-11/h4-8H,1-3H3,(H2,19,20,21,22,26). The molecule has 0 aliphatic heterocycles. The molecule has 4 aromatic rings. The summed E-state index contributed by atoms with van der Waals surface area (Å²) in [6, 6.07) is 7.36. The van der Waals surface area contributed by atoms with Crippen molar-refractivity contribution in [3.63, 3.8) is 0 Å². The number of carbonyl (C=O) groups is 1. The van der Waals surface area contributed by atoms with Crippen LogP contribution in [-0.4, -0.2) is 48.4 Å². The van der Waals surface area contributed by atoms with Crippen molar-refractivity contribution in [2.75, 3.05) is 12.4 Å². The van der Waals surface area contributed by atoms with Crippen LogP contribution in [0.2, 0.25) is 0 Å². The topological polar surface area (TPSA) is 124 Å². The molecule has 0 aliphatic carbocycles. The molecule has 10 nitrogen and oxygen atoms in total. The van der Waals surface area contributed by atoms with E-state index in [2.05, 4.69) is 36.0 Å². The highest BCUT2D eigenvalue weighted by Gasteiger charge is 2.22. The van der Waals surface area contributed by atoms with Crippen LogP contribution in [-0.2, 0) is 0 Å². The lowest BCUT2D eigenvalue weighted by molar-refractivity contribution is 0.102. The summed E-state index contributed by atoms with van der Waals surface area (Å²) in [6.45, 7) is 3.83. The van der Waals surface area contributed by atoms with Gasteiger partial charge in [-0.05, 0) is 54.1 Å². The monoisotopic (exact) mass is 396 g/mol. The van der Waals surface area contributed by atoms with E-state index in [-0.39, 0.29) is 11.9 Å². The molecule has 0 spiro atoms. The van der Waals surface area contributed by atoms with Gasteiger partial charge >= 0.3 is 0 Å². The summed E-state index contributed by atoms with van der Waals surface area (Å²) in [4.78, 5) is 18.2. The van der Waals surface area contributed by atoms with E-state index in [1.165, 1.54) is 22.3 Å². The van der Waals surface area contributed by atoms with Crippen molar-refractivity contribution >= 4 is 23.2 Å². The van der Waals surface area contributed by atoms with E-state index in [0.717, 1.165) is 21.8 Å². The summed E-state index contributed by atoms with van der Waals surface area (Å²) in [5.41, 5.74) is 2.18. The molecule has 0 saturated heterocycles. The molecular formula is C17H16N8O2S.